The van der Waals surface area contributed by atoms with Gasteiger partial charge < -0.3 is 15.4 Å². The molecule has 2 amide bonds. The first-order valence-electron chi connectivity index (χ1n) is 8.66. The number of anilines is 1. The van der Waals surface area contributed by atoms with Crippen LogP contribution in [0, 0.1) is 6.92 Å². The van der Waals surface area contributed by atoms with Crippen LogP contribution in [-0.4, -0.2) is 22.4 Å². The van der Waals surface area contributed by atoms with E-state index >= 15 is 0 Å². The Labute approximate surface area is 161 Å². The molecule has 0 spiro atoms. The van der Waals surface area contributed by atoms with E-state index in [0.717, 1.165) is 11.4 Å². The molecule has 1 heterocycles. The standard InChI is InChI=1S/C20H20F2N4O2/c1-13-9-10-23-26(13)17-7-4-6-16(12-17)25-20(27)24-14(2)15-5-3-8-18(11-15)28-19(21)22/h3-12,14,19H,1-2H3,(H2,24,25,27). The number of aromatic nitrogens is 2. The predicted molar refractivity (Wildman–Crippen MR) is 102 cm³/mol. The SMILES string of the molecule is Cc1ccnn1-c1cccc(NC(=O)NC(C)c2cccc(OC(F)F)c2)c1. The molecule has 0 fully saturated rings. The van der Waals surface area contributed by atoms with Crippen LogP contribution in [-0.2, 0) is 0 Å². The fourth-order valence-electron chi connectivity index (χ4n) is 2.76. The summed E-state index contributed by atoms with van der Waals surface area (Å²) in [4.78, 5) is 12.3. The van der Waals surface area contributed by atoms with Gasteiger partial charge in [0.25, 0.3) is 0 Å². The fourth-order valence-corrected chi connectivity index (χ4v) is 2.76. The molecule has 2 N–H and O–H groups in total. The van der Waals surface area contributed by atoms with Gasteiger partial charge in [-0.1, -0.05) is 18.2 Å². The molecule has 28 heavy (non-hydrogen) atoms. The molecule has 0 aliphatic rings. The lowest BCUT2D eigenvalue weighted by Crippen LogP contribution is -2.31. The van der Waals surface area contributed by atoms with Crippen molar-refractivity contribution < 1.29 is 18.3 Å². The molecule has 6 nitrogen and oxygen atoms in total. The third-order valence-corrected chi connectivity index (χ3v) is 4.11. The molecule has 8 heteroatoms. The number of carbonyl (C=O) groups excluding carboxylic acids is 1. The van der Waals surface area contributed by atoms with Crippen molar-refractivity contribution in [3.05, 3.63) is 72.1 Å². The highest BCUT2D eigenvalue weighted by Crippen LogP contribution is 2.21. The van der Waals surface area contributed by atoms with Crippen LogP contribution in [0.1, 0.15) is 24.2 Å². The summed E-state index contributed by atoms with van der Waals surface area (Å²) >= 11 is 0. The zero-order valence-electron chi connectivity index (χ0n) is 15.4. The highest BCUT2D eigenvalue weighted by atomic mass is 19.3. The number of nitrogens with one attached hydrogen (secondary N) is 2. The zero-order valence-corrected chi connectivity index (χ0v) is 15.4. The number of carbonyl (C=O) groups is 1. The Bertz CT molecular complexity index is 959. The number of benzene rings is 2. The summed E-state index contributed by atoms with van der Waals surface area (Å²) < 4.78 is 30.9. The number of aryl methyl sites for hydroxylation is 1. The van der Waals surface area contributed by atoms with Gasteiger partial charge in [-0.25, -0.2) is 9.48 Å². The van der Waals surface area contributed by atoms with Crippen molar-refractivity contribution in [2.45, 2.75) is 26.5 Å². The Morgan fingerprint density at radius 3 is 2.64 bits per heavy atom. The molecule has 0 saturated carbocycles. The quantitative estimate of drug-likeness (QED) is 0.647. The lowest BCUT2D eigenvalue weighted by molar-refractivity contribution is -0.0499. The average Bonchev–Trinajstić information content (AvgIpc) is 3.07. The van der Waals surface area contributed by atoms with Gasteiger partial charge in [-0.05, 0) is 55.8 Å². The first-order chi connectivity index (χ1) is 13.4. The predicted octanol–water partition coefficient (Wildman–Crippen LogP) is 4.66. The van der Waals surface area contributed by atoms with Crippen molar-refractivity contribution in [2.24, 2.45) is 0 Å². The van der Waals surface area contributed by atoms with Crippen LogP contribution in [0.3, 0.4) is 0 Å². The maximum atomic E-state index is 12.4. The molecule has 0 radical (unpaired) electrons. The molecular weight excluding hydrogens is 366 g/mol. The summed E-state index contributed by atoms with van der Waals surface area (Å²) in [5.41, 5.74) is 3.05. The summed E-state index contributed by atoms with van der Waals surface area (Å²) in [6.07, 6.45) is 1.70. The van der Waals surface area contributed by atoms with E-state index in [1.54, 1.807) is 42.1 Å². The molecule has 1 atom stereocenters. The number of nitrogens with zero attached hydrogens (tertiary/aromatic N) is 2. The Morgan fingerprint density at radius 2 is 1.93 bits per heavy atom. The summed E-state index contributed by atoms with van der Waals surface area (Å²) in [6.45, 7) is 0.797. The summed E-state index contributed by atoms with van der Waals surface area (Å²) in [5, 5.41) is 9.79. The summed E-state index contributed by atoms with van der Waals surface area (Å²) in [7, 11) is 0. The number of hydrogen-bond donors (Lipinski definition) is 2. The van der Waals surface area contributed by atoms with E-state index in [1.807, 2.05) is 25.1 Å². The van der Waals surface area contributed by atoms with Crippen LogP contribution in [0.4, 0.5) is 19.3 Å². The van der Waals surface area contributed by atoms with Gasteiger partial charge in [0, 0.05) is 17.6 Å². The number of hydrogen-bond acceptors (Lipinski definition) is 3. The number of ether oxygens (including phenoxy) is 1. The van der Waals surface area contributed by atoms with Gasteiger partial charge in [-0.15, -0.1) is 0 Å². The van der Waals surface area contributed by atoms with Gasteiger partial charge in [0.2, 0.25) is 0 Å². The average molecular weight is 386 g/mol. The molecule has 146 valence electrons. The minimum absolute atomic E-state index is 0.0452. The molecular formula is C20H20F2N4O2. The molecule has 2 aromatic carbocycles. The third kappa shape index (κ3) is 4.85. The Hall–Kier alpha value is -3.42. The molecule has 3 rings (SSSR count). The number of urea groups is 1. The smallest absolute Gasteiger partial charge is 0.387 e. The van der Waals surface area contributed by atoms with Gasteiger partial charge in [0.15, 0.2) is 0 Å². The maximum absolute atomic E-state index is 12.4. The highest BCUT2D eigenvalue weighted by Gasteiger charge is 2.12. The molecule has 1 unspecified atom stereocenters. The van der Waals surface area contributed by atoms with Crippen molar-refractivity contribution in [3.8, 4) is 11.4 Å². The molecule has 1 aromatic heterocycles. The minimum atomic E-state index is -2.90. The Kier molecular flexibility index (Phi) is 5.88. The van der Waals surface area contributed by atoms with E-state index < -0.39 is 18.7 Å². The van der Waals surface area contributed by atoms with Crippen LogP contribution < -0.4 is 15.4 Å². The lowest BCUT2D eigenvalue weighted by Gasteiger charge is -2.16. The van der Waals surface area contributed by atoms with Gasteiger partial charge in [-0.3, -0.25) is 0 Å². The molecule has 0 bridgehead atoms. The first kappa shape index (κ1) is 19.3. The van der Waals surface area contributed by atoms with E-state index in [9.17, 15) is 13.6 Å². The molecule has 0 saturated heterocycles. The highest BCUT2D eigenvalue weighted by molar-refractivity contribution is 5.89. The second-order valence-electron chi connectivity index (χ2n) is 6.21. The lowest BCUT2D eigenvalue weighted by atomic mass is 10.1. The normalized spacial score (nSPS) is 11.9. The molecule has 3 aromatic rings. The Morgan fingerprint density at radius 1 is 1.14 bits per heavy atom. The van der Waals surface area contributed by atoms with Crippen LogP contribution in [0.2, 0.25) is 0 Å². The number of amides is 2. The van der Waals surface area contributed by atoms with E-state index in [4.69, 9.17) is 0 Å². The van der Waals surface area contributed by atoms with Crippen LogP contribution in [0.15, 0.2) is 60.8 Å². The van der Waals surface area contributed by atoms with Crippen molar-refractivity contribution in [1.29, 1.82) is 0 Å². The van der Waals surface area contributed by atoms with Gasteiger partial charge >= 0.3 is 12.6 Å². The molecule has 0 aliphatic heterocycles. The van der Waals surface area contributed by atoms with E-state index in [2.05, 4.69) is 20.5 Å². The van der Waals surface area contributed by atoms with E-state index in [-0.39, 0.29) is 5.75 Å². The second-order valence-corrected chi connectivity index (χ2v) is 6.21. The maximum Gasteiger partial charge on any atom is 0.387 e. The van der Waals surface area contributed by atoms with Crippen molar-refractivity contribution in [3.63, 3.8) is 0 Å². The van der Waals surface area contributed by atoms with Gasteiger partial charge in [-0.2, -0.15) is 13.9 Å². The third-order valence-electron chi connectivity index (χ3n) is 4.11. The summed E-state index contributed by atoms with van der Waals surface area (Å²) in [5.74, 6) is 0.0452. The first-order valence-corrected chi connectivity index (χ1v) is 8.66. The zero-order chi connectivity index (χ0) is 20.1. The van der Waals surface area contributed by atoms with Gasteiger partial charge in [0.1, 0.15) is 5.75 Å². The fraction of sp³-hybridized carbons (Fsp3) is 0.200. The van der Waals surface area contributed by atoms with Crippen molar-refractivity contribution in [2.75, 3.05) is 5.32 Å². The topological polar surface area (TPSA) is 68.2 Å². The number of halogens is 2. The molecule has 0 aliphatic carbocycles. The Balaban J connectivity index is 1.65. The monoisotopic (exact) mass is 386 g/mol. The van der Waals surface area contributed by atoms with Gasteiger partial charge in [0.05, 0.1) is 11.7 Å². The summed E-state index contributed by atoms with van der Waals surface area (Å²) in [6, 6.07) is 14.6. The van der Waals surface area contributed by atoms with Crippen molar-refractivity contribution in [1.82, 2.24) is 15.1 Å². The van der Waals surface area contributed by atoms with E-state index in [1.165, 1.54) is 12.1 Å². The largest absolute Gasteiger partial charge is 0.435 e. The van der Waals surface area contributed by atoms with Crippen LogP contribution in [0.5, 0.6) is 5.75 Å². The second kappa shape index (κ2) is 8.51. The van der Waals surface area contributed by atoms with Crippen LogP contribution in [0.25, 0.3) is 5.69 Å². The number of rotatable bonds is 6. The number of alkyl halides is 2. The van der Waals surface area contributed by atoms with E-state index in [0.29, 0.717) is 11.3 Å². The van der Waals surface area contributed by atoms with Crippen molar-refractivity contribution >= 4 is 11.7 Å². The minimum Gasteiger partial charge on any atom is -0.435 e. The van der Waals surface area contributed by atoms with Crippen LogP contribution >= 0.6 is 0 Å².